The lowest BCUT2D eigenvalue weighted by molar-refractivity contribution is -0.104. The van der Waals surface area contributed by atoms with Crippen molar-refractivity contribution in [1.82, 2.24) is 15.0 Å². The van der Waals surface area contributed by atoms with Gasteiger partial charge in [0.2, 0.25) is 0 Å². The summed E-state index contributed by atoms with van der Waals surface area (Å²) in [5.41, 5.74) is 0.689. The lowest BCUT2D eigenvalue weighted by atomic mass is 10.4. The minimum absolute atomic E-state index is 0.689. The minimum atomic E-state index is 0.689. The van der Waals surface area contributed by atoms with E-state index < -0.39 is 0 Å². The summed E-state index contributed by atoms with van der Waals surface area (Å²) in [6.45, 7) is 0. The molecule has 1 aromatic heterocycles. The van der Waals surface area contributed by atoms with Gasteiger partial charge in [0.25, 0.3) is 0 Å². The minimum Gasteiger partial charge on any atom is -0.299 e. The van der Waals surface area contributed by atoms with Crippen LogP contribution in [0.15, 0.2) is 12.3 Å². The summed E-state index contributed by atoms with van der Waals surface area (Å²) in [6, 6.07) is 0. The highest BCUT2D eigenvalue weighted by atomic mass is 16.1. The molecule has 0 fully saturated rings. The number of hydrogen-bond acceptors (Lipinski definition) is 3. The Hall–Kier alpha value is -1.45. The van der Waals surface area contributed by atoms with E-state index in [1.807, 2.05) is 0 Å². The molecule has 1 heterocycles. The molecule has 1 rings (SSSR count). The first-order valence-corrected chi connectivity index (χ1v) is 2.81. The number of aldehydes is 1. The first-order valence-electron chi connectivity index (χ1n) is 2.81. The first-order chi connectivity index (χ1) is 4.83. The van der Waals surface area contributed by atoms with Gasteiger partial charge in [-0.15, -0.1) is 5.10 Å². The van der Waals surface area contributed by atoms with Crippen molar-refractivity contribution in [3.05, 3.63) is 18.0 Å². The summed E-state index contributed by atoms with van der Waals surface area (Å²) in [5, 5.41) is 7.39. The topological polar surface area (TPSA) is 47.8 Å². The molecule has 0 bridgehead atoms. The van der Waals surface area contributed by atoms with Crippen LogP contribution in [-0.4, -0.2) is 21.3 Å². The first kappa shape index (κ1) is 6.67. The Balaban J connectivity index is 2.75. The molecule has 0 N–H and O–H groups in total. The summed E-state index contributed by atoms with van der Waals surface area (Å²) in [4.78, 5) is 9.84. The van der Waals surface area contributed by atoms with Crippen LogP contribution in [0.1, 0.15) is 5.69 Å². The van der Waals surface area contributed by atoms with E-state index in [4.69, 9.17) is 0 Å². The second-order valence-corrected chi connectivity index (χ2v) is 1.81. The molecule has 0 aliphatic heterocycles. The molecule has 0 spiro atoms. The zero-order valence-corrected chi connectivity index (χ0v) is 5.56. The van der Waals surface area contributed by atoms with Gasteiger partial charge in [-0.25, -0.2) is 0 Å². The Morgan fingerprint density at radius 3 is 3.00 bits per heavy atom. The van der Waals surface area contributed by atoms with Crippen LogP contribution in [0.2, 0.25) is 0 Å². The summed E-state index contributed by atoms with van der Waals surface area (Å²) in [5.74, 6) is 0. The fourth-order valence-corrected chi connectivity index (χ4v) is 0.579. The Morgan fingerprint density at radius 2 is 2.50 bits per heavy atom. The zero-order valence-electron chi connectivity index (χ0n) is 5.56. The molecule has 4 heteroatoms. The van der Waals surface area contributed by atoms with E-state index in [0.29, 0.717) is 12.0 Å². The third-order valence-corrected chi connectivity index (χ3v) is 0.966. The smallest absolute Gasteiger partial charge is 0.142 e. The van der Waals surface area contributed by atoms with Gasteiger partial charge in [0, 0.05) is 7.05 Å². The number of rotatable bonds is 2. The standard InChI is InChI=1S/C6H7N3O/c1-9-5-6(7-8-9)3-2-4-10/h2-5H,1H3. The van der Waals surface area contributed by atoms with E-state index in [0.717, 1.165) is 0 Å². The molecule has 0 radical (unpaired) electrons. The fraction of sp³-hybridized carbons (Fsp3) is 0.167. The predicted octanol–water partition coefficient (Wildman–Crippen LogP) is 0.0272. The molecule has 0 atom stereocenters. The molecule has 0 aromatic carbocycles. The van der Waals surface area contributed by atoms with E-state index in [2.05, 4.69) is 10.3 Å². The van der Waals surface area contributed by atoms with Gasteiger partial charge in [0.1, 0.15) is 12.0 Å². The number of aromatic nitrogens is 3. The van der Waals surface area contributed by atoms with Gasteiger partial charge in [-0.05, 0) is 12.2 Å². The molecule has 1 aromatic rings. The van der Waals surface area contributed by atoms with Crippen molar-refractivity contribution < 1.29 is 4.79 Å². The number of hydrogen-bond donors (Lipinski definition) is 0. The Kier molecular flexibility index (Phi) is 1.94. The van der Waals surface area contributed by atoms with Crippen LogP contribution < -0.4 is 0 Å². The van der Waals surface area contributed by atoms with Crippen LogP contribution in [0.5, 0.6) is 0 Å². The maximum absolute atomic E-state index is 9.84. The average Bonchev–Trinajstić information content (AvgIpc) is 2.31. The van der Waals surface area contributed by atoms with E-state index in [-0.39, 0.29) is 0 Å². The van der Waals surface area contributed by atoms with Gasteiger partial charge >= 0.3 is 0 Å². The fourth-order valence-electron chi connectivity index (χ4n) is 0.579. The van der Waals surface area contributed by atoms with Crippen molar-refractivity contribution in [2.75, 3.05) is 0 Å². The van der Waals surface area contributed by atoms with Crippen molar-refractivity contribution in [2.24, 2.45) is 7.05 Å². The molecule has 0 unspecified atom stereocenters. The maximum atomic E-state index is 9.84. The van der Waals surface area contributed by atoms with Crippen molar-refractivity contribution in [3.63, 3.8) is 0 Å². The van der Waals surface area contributed by atoms with Gasteiger partial charge in [0.05, 0.1) is 6.20 Å². The molecule has 0 saturated carbocycles. The van der Waals surface area contributed by atoms with Crippen molar-refractivity contribution >= 4 is 12.4 Å². The Labute approximate surface area is 58.2 Å². The van der Waals surface area contributed by atoms with E-state index >= 15 is 0 Å². The van der Waals surface area contributed by atoms with Crippen LogP contribution in [-0.2, 0) is 11.8 Å². The molecule has 52 valence electrons. The maximum Gasteiger partial charge on any atom is 0.142 e. The van der Waals surface area contributed by atoms with Gasteiger partial charge in [0.15, 0.2) is 0 Å². The number of aryl methyl sites for hydroxylation is 1. The van der Waals surface area contributed by atoms with Gasteiger partial charge in [-0.2, -0.15) is 0 Å². The summed E-state index contributed by atoms with van der Waals surface area (Å²) < 4.78 is 1.57. The van der Waals surface area contributed by atoms with E-state index in [9.17, 15) is 4.79 Å². The SMILES string of the molecule is Cn1cc(C=CC=O)nn1. The second-order valence-electron chi connectivity index (χ2n) is 1.81. The Morgan fingerprint density at radius 1 is 1.70 bits per heavy atom. The highest BCUT2D eigenvalue weighted by Crippen LogP contribution is 1.92. The zero-order chi connectivity index (χ0) is 7.40. The molecule has 0 amide bonds. The van der Waals surface area contributed by atoms with Crippen molar-refractivity contribution in [1.29, 1.82) is 0 Å². The summed E-state index contributed by atoms with van der Waals surface area (Å²) >= 11 is 0. The average molecular weight is 137 g/mol. The van der Waals surface area contributed by atoms with Crippen LogP contribution in [0.25, 0.3) is 6.08 Å². The number of carbonyl (C=O) groups excluding carboxylic acids is 1. The lowest BCUT2D eigenvalue weighted by Crippen LogP contribution is -1.85. The largest absolute Gasteiger partial charge is 0.299 e. The van der Waals surface area contributed by atoms with Gasteiger partial charge in [-0.1, -0.05) is 5.21 Å². The van der Waals surface area contributed by atoms with Crippen LogP contribution in [0, 0.1) is 0 Å². The van der Waals surface area contributed by atoms with Crippen molar-refractivity contribution in [3.8, 4) is 0 Å². The molecule has 0 saturated heterocycles. The Bertz CT molecular complexity index is 251. The van der Waals surface area contributed by atoms with Gasteiger partial charge < -0.3 is 0 Å². The summed E-state index contributed by atoms with van der Waals surface area (Å²) in [6.07, 6.45) is 5.40. The van der Waals surface area contributed by atoms with Gasteiger partial charge in [-0.3, -0.25) is 9.48 Å². The molecule has 10 heavy (non-hydrogen) atoms. The molecule has 0 aliphatic rings. The number of allylic oxidation sites excluding steroid dienone is 1. The van der Waals surface area contributed by atoms with E-state index in [1.165, 1.54) is 6.08 Å². The van der Waals surface area contributed by atoms with E-state index in [1.54, 1.807) is 24.0 Å². The van der Waals surface area contributed by atoms with Crippen molar-refractivity contribution in [2.45, 2.75) is 0 Å². The normalized spacial score (nSPS) is 10.5. The number of carbonyl (C=O) groups is 1. The quantitative estimate of drug-likeness (QED) is 0.426. The molecule has 4 nitrogen and oxygen atoms in total. The summed E-state index contributed by atoms with van der Waals surface area (Å²) in [7, 11) is 1.77. The number of nitrogens with zero attached hydrogens (tertiary/aromatic N) is 3. The third-order valence-electron chi connectivity index (χ3n) is 0.966. The third kappa shape index (κ3) is 1.51. The molecular formula is C6H7N3O. The lowest BCUT2D eigenvalue weighted by Gasteiger charge is -1.76. The highest BCUT2D eigenvalue weighted by Gasteiger charge is 1.89. The van der Waals surface area contributed by atoms with Crippen LogP contribution in [0.4, 0.5) is 0 Å². The van der Waals surface area contributed by atoms with Crippen LogP contribution in [0.3, 0.4) is 0 Å². The monoisotopic (exact) mass is 137 g/mol. The highest BCUT2D eigenvalue weighted by molar-refractivity contribution is 5.72. The predicted molar refractivity (Wildman–Crippen MR) is 36.1 cm³/mol. The second kappa shape index (κ2) is 2.91. The molecular weight excluding hydrogens is 130 g/mol. The van der Waals surface area contributed by atoms with Crippen LogP contribution >= 0.6 is 0 Å². The molecule has 0 aliphatic carbocycles.